The van der Waals surface area contributed by atoms with Crippen molar-refractivity contribution in [1.29, 1.82) is 0 Å². The molecule has 7 heteroatoms. The summed E-state index contributed by atoms with van der Waals surface area (Å²) in [7, 11) is 3.59. The monoisotopic (exact) mass is 470 g/mol. The Morgan fingerprint density at radius 2 is 2.08 bits per heavy atom. The number of methoxy groups -OCH3 is 1. The highest BCUT2D eigenvalue weighted by Crippen LogP contribution is 2.15. The molecular weight excluding hydrogens is 431 g/mol. The van der Waals surface area contributed by atoms with Crippen LogP contribution < -0.4 is 10.6 Å². The van der Waals surface area contributed by atoms with Crippen molar-refractivity contribution in [2.45, 2.75) is 52.2 Å². The van der Waals surface area contributed by atoms with Gasteiger partial charge in [-0.05, 0) is 38.6 Å². The fourth-order valence-electron chi connectivity index (χ4n) is 3.22. The second-order valence-corrected chi connectivity index (χ2v) is 6.73. The van der Waals surface area contributed by atoms with Crippen molar-refractivity contribution in [2.75, 3.05) is 53.6 Å². The number of halogens is 1. The van der Waals surface area contributed by atoms with Crippen molar-refractivity contribution in [3.8, 4) is 0 Å². The molecule has 0 bridgehead atoms. The molecule has 0 aliphatic carbocycles. The van der Waals surface area contributed by atoms with E-state index in [9.17, 15) is 0 Å². The van der Waals surface area contributed by atoms with Gasteiger partial charge in [-0.15, -0.1) is 24.0 Å². The zero-order valence-electron chi connectivity index (χ0n) is 16.7. The van der Waals surface area contributed by atoms with Crippen molar-refractivity contribution < 1.29 is 9.47 Å². The standard InChI is InChI=1S/C18H38N4O2.HI/c1-6-24-17(15(2)3)9-10-20-18(19-4)21-14-16-8-7-11-22(16)12-13-23-5;/h15-17H,6-14H2,1-5H3,(H2,19,20,21);1H. The van der Waals surface area contributed by atoms with Gasteiger partial charge in [-0.25, -0.2) is 0 Å². The van der Waals surface area contributed by atoms with E-state index < -0.39 is 0 Å². The number of nitrogens with one attached hydrogen (secondary N) is 2. The van der Waals surface area contributed by atoms with Gasteiger partial charge in [0.2, 0.25) is 0 Å². The number of likely N-dealkylation sites (tertiary alicyclic amines) is 1. The summed E-state index contributed by atoms with van der Waals surface area (Å²) in [5.74, 6) is 1.42. The van der Waals surface area contributed by atoms with E-state index in [4.69, 9.17) is 9.47 Å². The maximum absolute atomic E-state index is 5.79. The molecular formula is C18H39IN4O2. The van der Waals surface area contributed by atoms with Crippen molar-refractivity contribution in [3.05, 3.63) is 0 Å². The summed E-state index contributed by atoms with van der Waals surface area (Å²) in [6.07, 6.45) is 3.82. The smallest absolute Gasteiger partial charge is 0.191 e. The summed E-state index contributed by atoms with van der Waals surface area (Å²) in [6.45, 7) is 12.0. The van der Waals surface area contributed by atoms with Crippen molar-refractivity contribution in [3.63, 3.8) is 0 Å². The molecule has 25 heavy (non-hydrogen) atoms. The molecule has 1 saturated heterocycles. The molecule has 2 atom stereocenters. The second kappa shape index (κ2) is 15.0. The summed E-state index contributed by atoms with van der Waals surface area (Å²) in [5, 5.41) is 6.88. The Balaban J connectivity index is 0.00000576. The Bertz CT molecular complexity index is 356. The van der Waals surface area contributed by atoms with Crippen LogP contribution >= 0.6 is 24.0 Å². The van der Waals surface area contributed by atoms with Crippen LogP contribution in [0.5, 0.6) is 0 Å². The molecule has 0 radical (unpaired) electrons. The predicted molar refractivity (Wildman–Crippen MR) is 116 cm³/mol. The van der Waals surface area contributed by atoms with Crippen LogP contribution in [0.15, 0.2) is 4.99 Å². The van der Waals surface area contributed by atoms with Crippen LogP contribution in [0, 0.1) is 5.92 Å². The Hall–Kier alpha value is -0.120. The number of aliphatic imine (C=N–C) groups is 1. The van der Waals surface area contributed by atoms with Crippen molar-refractivity contribution in [2.24, 2.45) is 10.9 Å². The van der Waals surface area contributed by atoms with Crippen molar-refractivity contribution >= 4 is 29.9 Å². The first-order valence-electron chi connectivity index (χ1n) is 9.41. The number of nitrogens with zero attached hydrogens (tertiary/aromatic N) is 2. The van der Waals surface area contributed by atoms with Gasteiger partial charge in [0.15, 0.2) is 5.96 Å². The van der Waals surface area contributed by atoms with E-state index >= 15 is 0 Å². The number of hydrogen-bond donors (Lipinski definition) is 2. The van der Waals surface area contributed by atoms with Crippen LogP contribution in [0.2, 0.25) is 0 Å². The van der Waals surface area contributed by atoms with E-state index in [0.29, 0.717) is 18.1 Å². The lowest BCUT2D eigenvalue weighted by molar-refractivity contribution is 0.0258. The van der Waals surface area contributed by atoms with Gasteiger partial charge < -0.3 is 20.1 Å². The summed E-state index contributed by atoms with van der Waals surface area (Å²) in [6, 6.07) is 0.575. The molecule has 0 amide bonds. The first-order valence-corrected chi connectivity index (χ1v) is 9.41. The van der Waals surface area contributed by atoms with Crippen LogP contribution in [0.4, 0.5) is 0 Å². The molecule has 1 rings (SSSR count). The summed E-state index contributed by atoms with van der Waals surface area (Å²) < 4.78 is 11.0. The van der Waals surface area contributed by atoms with E-state index in [0.717, 1.165) is 45.2 Å². The summed E-state index contributed by atoms with van der Waals surface area (Å²) in [4.78, 5) is 6.84. The largest absolute Gasteiger partial charge is 0.383 e. The lowest BCUT2D eigenvalue weighted by Gasteiger charge is -2.25. The topological polar surface area (TPSA) is 58.1 Å². The van der Waals surface area contributed by atoms with Gasteiger partial charge in [0.1, 0.15) is 0 Å². The Kier molecular flexibility index (Phi) is 14.9. The van der Waals surface area contributed by atoms with Gasteiger partial charge in [-0.2, -0.15) is 0 Å². The minimum absolute atomic E-state index is 0. The summed E-state index contributed by atoms with van der Waals surface area (Å²) in [5.41, 5.74) is 0. The first kappa shape index (κ1) is 24.9. The fourth-order valence-corrected chi connectivity index (χ4v) is 3.22. The summed E-state index contributed by atoms with van der Waals surface area (Å²) >= 11 is 0. The Morgan fingerprint density at radius 1 is 1.32 bits per heavy atom. The van der Waals surface area contributed by atoms with Crippen LogP contribution in [0.25, 0.3) is 0 Å². The van der Waals surface area contributed by atoms with E-state index in [1.54, 1.807) is 7.11 Å². The van der Waals surface area contributed by atoms with Crippen LogP contribution in [-0.4, -0.2) is 76.6 Å². The minimum atomic E-state index is 0. The zero-order valence-corrected chi connectivity index (χ0v) is 19.0. The molecule has 6 nitrogen and oxygen atoms in total. The second-order valence-electron chi connectivity index (χ2n) is 6.73. The maximum Gasteiger partial charge on any atom is 0.191 e. The lowest BCUT2D eigenvalue weighted by atomic mass is 10.0. The third-order valence-electron chi connectivity index (χ3n) is 4.66. The molecule has 0 spiro atoms. The maximum atomic E-state index is 5.79. The average molecular weight is 470 g/mol. The number of ether oxygens (including phenoxy) is 2. The van der Waals surface area contributed by atoms with Gasteiger partial charge in [-0.1, -0.05) is 13.8 Å². The van der Waals surface area contributed by atoms with E-state index in [1.807, 2.05) is 7.05 Å². The quantitative estimate of drug-likeness (QED) is 0.276. The Labute approximate surface area is 171 Å². The number of hydrogen-bond acceptors (Lipinski definition) is 4. The van der Waals surface area contributed by atoms with E-state index in [-0.39, 0.29) is 24.0 Å². The van der Waals surface area contributed by atoms with Gasteiger partial charge in [-0.3, -0.25) is 9.89 Å². The first-order chi connectivity index (χ1) is 11.6. The highest BCUT2D eigenvalue weighted by molar-refractivity contribution is 14.0. The molecule has 0 aromatic heterocycles. The SMILES string of the molecule is CCOC(CCNC(=NC)NCC1CCCN1CCOC)C(C)C.I. The normalized spacial score (nSPS) is 19.8. The van der Waals surface area contributed by atoms with Gasteiger partial charge in [0, 0.05) is 46.4 Å². The molecule has 0 aromatic rings. The Morgan fingerprint density at radius 3 is 2.68 bits per heavy atom. The molecule has 0 aromatic carbocycles. The highest BCUT2D eigenvalue weighted by Gasteiger charge is 2.24. The lowest BCUT2D eigenvalue weighted by Crippen LogP contribution is -2.46. The minimum Gasteiger partial charge on any atom is -0.383 e. The number of guanidine groups is 1. The van der Waals surface area contributed by atoms with Crippen molar-refractivity contribution in [1.82, 2.24) is 15.5 Å². The van der Waals surface area contributed by atoms with Gasteiger partial charge >= 0.3 is 0 Å². The molecule has 1 aliphatic heterocycles. The molecule has 2 N–H and O–H groups in total. The average Bonchev–Trinajstić information content (AvgIpc) is 3.02. The van der Waals surface area contributed by atoms with Crippen LogP contribution in [0.3, 0.4) is 0 Å². The third-order valence-corrected chi connectivity index (χ3v) is 4.66. The molecule has 1 fully saturated rings. The van der Waals surface area contributed by atoms with E-state index in [2.05, 4.69) is 41.3 Å². The van der Waals surface area contributed by atoms with Crippen LogP contribution in [-0.2, 0) is 9.47 Å². The van der Waals surface area contributed by atoms with Crippen LogP contribution in [0.1, 0.15) is 40.0 Å². The third kappa shape index (κ3) is 9.96. The molecule has 150 valence electrons. The number of rotatable bonds is 11. The van der Waals surface area contributed by atoms with Gasteiger partial charge in [0.25, 0.3) is 0 Å². The predicted octanol–water partition coefficient (Wildman–Crippen LogP) is 2.33. The van der Waals surface area contributed by atoms with E-state index in [1.165, 1.54) is 19.4 Å². The molecule has 1 aliphatic rings. The highest BCUT2D eigenvalue weighted by atomic mass is 127. The fraction of sp³-hybridized carbons (Fsp3) is 0.944. The molecule has 1 heterocycles. The molecule has 2 unspecified atom stereocenters. The zero-order chi connectivity index (χ0) is 17.8. The van der Waals surface area contributed by atoms with Gasteiger partial charge in [0.05, 0.1) is 12.7 Å². The molecule has 0 saturated carbocycles.